The van der Waals surface area contributed by atoms with Crippen LogP contribution in [0.1, 0.15) is 57.6 Å². The quantitative estimate of drug-likeness (QED) is 0.841. The summed E-state index contributed by atoms with van der Waals surface area (Å²) < 4.78 is 0. The van der Waals surface area contributed by atoms with Gasteiger partial charge >= 0.3 is 0 Å². The topological polar surface area (TPSA) is 52.0 Å². The maximum atomic E-state index is 6.64. The van der Waals surface area contributed by atoms with Gasteiger partial charge in [-0.3, -0.25) is 0 Å². The predicted octanol–water partition coefficient (Wildman–Crippen LogP) is 4.71. The molecule has 2 heteroatoms. The molecule has 0 atom stereocenters. The fourth-order valence-corrected chi connectivity index (χ4v) is 3.60. The van der Waals surface area contributed by atoms with Crippen molar-refractivity contribution in [2.24, 2.45) is 11.5 Å². The lowest BCUT2D eigenvalue weighted by molar-refractivity contribution is 0.278. The summed E-state index contributed by atoms with van der Waals surface area (Å²) in [6, 6.07) is 18.0. The molecule has 3 rings (SSSR count). The van der Waals surface area contributed by atoms with Crippen LogP contribution in [-0.2, 0) is 11.0 Å². The van der Waals surface area contributed by atoms with Crippen molar-refractivity contribution in [1.82, 2.24) is 0 Å². The zero-order valence-electron chi connectivity index (χ0n) is 15.2. The van der Waals surface area contributed by atoms with Crippen molar-refractivity contribution in [3.63, 3.8) is 0 Å². The van der Waals surface area contributed by atoms with Crippen LogP contribution in [0.3, 0.4) is 0 Å². The van der Waals surface area contributed by atoms with E-state index in [0.717, 1.165) is 25.7 Å². The van der Waals surface area contributed by atoms with Gasteiger partial charge < -0.3 is 11.5 Å². The Hall–Kier alpha value is -1.64. The van der Waals surface area contributed by atoms with Gasteiger partial charge in [0.25, 0.3) is 0 Å². The zero-order chi connectivity index (χ0) is 17.4. The van der Waals surface area contributed by atoms with E-state index in [-0.39, 0.29) is 11.0 Å². The fraction of sp³-hybridized carbons (Fsp3) is 0.455. The molecule has 0 heterocycles. The van der Waals surface area contributed by atoms with Gasteiger partial charge in [0.05, 0.1) is 0 Å². The lowest BCUT2D eigenvalue weighted by Gasteiger charge is -2.36. The first-order valence-electron chi connectivity index (χ1n) is 9.04. The third-order valence-corrected chi connectivity index (χ3v) is 5.47. The molecule has 1 saturated carbocycles. The van der Waals surface area contributed by atoms with Gasteiger partial charge in [0.1, 0.15) is 0 Å². The van der Waals surface area contributed by atoms with Crippen LogP contribution in [0.15, 0.2) is 48.5 Å². The Morgan fingerprint density at radius 2 is 1.29 bits per heavy atom. The number of nitrogens with two attached hydrogens (primary N) is 2. The van der Waals surface area contributed by atoms with E-state index in [2.05, 4.69) is 69.3 Å². The van der Waals surface area contributed by atoms with Crippen molar-refractivity contribution in [3.05, 3.63) is 59.7 Å². The molecule has 2 nitrogen and oxygen atoms in total. The van der Waals surface area contributed by atoms with Crippen molar-refractivity contribution >= 4 is 0 Å². The first-order chi connectivity index (χ1) is 11.3. The van der Waals surface area contributed by atoms with Crippen LogP contribution in [0.4, 0.5) is 0 Å². The molecule has 2 aromatic carbocycles. The van der Waals surface area contributed by atoms with E-state index < -0.39 is 0 Å². The van der Waals surface area contributed by atoms with E-state index in [9.17, 15) is 0 Å². The maximum absolute atomic E-state index is 6.64. The molecule has 0 spiro atoms. The SMILES string of the molecule is CC(C)(C)c1ccc(-c2ccc(C3(N)CCC(N)CC3)cc2)cc1. The minimum atomic E-state index is -0.204. The van der Waals surface area contributed by atoms with E-state index in [1.165, 1.54) is 22.3 Å². The Kier molecular flexibility index (Phi) is 4.54. The second-order valence-electron chi connectivity index (χ2n) is 8.40. The number of hydrogen-bond donors (Lipinski definition) is 2. The molecule has 24 heavy (non-hydrogen) atoms. The van der Waals surface area contributed by atoms with Crippen LogP contribution in [-0.4, -0.2) is 6.04 Å². The third kappa shape index (κ3) is 3.55. The normalized spacial score (nSPS) is 24.8. The minimum Gasteiger partial charge on any atom is -0.328 e. The van der Waals surface area contributed by atoms with Crippen LogP contribution >= 0.6 is 0 Å². The highest BCUT2D eigenvalue weighted by Gasteiger charge is 2.31. The van der Waals surface area contributed by atoms with E-state index in [4.69, 9.17) is 11.5 Å². The smallest absolute Gasteiger partial charge is 0.0410 e. The highest BCUT2D eigenvalue weighted by molar-refractivity contribution is 5.64. The molecule has 0 saturated heterocycles. The van der Waals surface area contributed by atoms with Gasteiger partial charge in [0.2, 0.25) is 0 Å². The van der Waals surface area contributed by atoms with Gasteiger partial charge in [-0.05, 0) is 53.4 Å². The Balaban J connectivity index is 1.79. The monoisotopic (exact) mass is 322 g/mol. The first-order valence-corrected chi connectivity index (χ1v) is 9.04. The number of benzene rings is 2. The van der Waals surface area contributed by atoms with Gasteiger partial charge in [-0.25, -0.2) is 0 Å². The van der Waals surface area contributed by atoms with Gasteiger partial charge in [-0.1, -0.05) is 69.3 Å². The molecule has 4 N–H and O–H groups in total. The van der Waals surface area contributed by atoms with Crippen LogP contribution < -0.4 is 11.5 Å². The molecule has 0 unspecified atom stereocenters. The highest BCUT2D eigenvalue weighted by Crippen LogP contribution is 2.35. The van der Waals surface area contributed by atoms with E-state index in [1.807, 2.05) is 0 Å². The average molecular weight is 322 g/mol. The van der Waals surface area contributed by atoms with Crippen LogP contribution in [0, 0.1) is 0 Å². The first kappa shape index (κ1) is 17.2. The highest BCUT2D eigenvalue weighted by atomic mass is 14.8. The summed E-state index contributed by atoms with van der Waals surface area (Å²) in [5, 5.41) is 0. The van der Waals surface area contributed by atoms with Crippen LogP contribution in [0.25, 0.3) is 11.1 Å². The molecule has 1 aliphatic carbocycles. The largest absolute Gasteiger partial charge is 0.328 e. The summed E-state index contributed by atoms with van der Waals surface area (Å²) in [7, 11) is 0. The lowest BCUT2D eigenvalue weighted by Crippen LogP contribution is -2.43. The summed E-state index contributed by atoms with van der Waals surface area (Å²) >= 11 is 0. The molecule has 0 aromatic heterocycles. The number of hydrogen-bond acceptors (Lipinski definition) is 2. The zero-order valence-corrected chi connectivity index (χ0v) is 15.2. The maximum Gasteiger partial charge on any atom is 0.0410 e. The Morgan fingerprint density at radius 1 is 0.833 bits per heavy atom. The Morgan fingerprint density at radius 3 is 1.75 bits per heavy atom. The lowest BCUT2D eigenvalue weighted by atomic mass is 9.75. The van der Waals surface area contributed by atoms with E-state index in [1.54, 1.807) is 0 Å². The Bertz CT molecular complexity index is 669. The summed E-state index contributed by atoms with van der Waals surface area (Å²) in [5.74, 6) is 0. The van der Waals surface area contributed by atoms with Crippen LogP contribution in [0.2, 0.25) is 0 Å². The van der Waals surface area contributed by atoms with Gasteiger partial charge in [0.15, 0.2) is 0 Å². The molecule has 1 aliphatic rings. The molecular formula is C22H30N2. The average Bonchev–Trinajstić information content (AvgIpc) is 2.57. The number of rotatable bonds is 2. The molecule has 0 amide bonds. The molecular weight excluding hydrogens is 292 g/mol. The molecule has 0 aliphatic heterocycles. The van der Waals surface area contributed by atoms with Gasteiger partial charge in [-0.2, -0.15) is 0 Å². The molecule has 128 valence electrons. The molecule has 1 fully saturated rings. The standard InChI is InChI=1S/C22H30N2/c1-21(2,3)18-8-4-16(5-9-18)17-6-10-19(11-7-17)22(24)14-12-20(23)13-15-22/h4-11,20H,12-15,23-24H2,1-3H3. The predicted molar refractivity (Wildman–Crippen MR) is 103 cm³/mol. The molecule has 0 radical (unpaired) electrons. The summed E-state index contributed by atoms with van der Waals surface area (Å²) in [4.78, 5) is 0. The summed E-state index contributed by atoms with van der Waals surface area (Å²) in [6.45, 7) is 6.73. The van der Waals surface area contributed by atoms with Crippen molar-refractivity contribution in [3.8, 4) is 11.1 Å². The van der Waals surface area contributed by atoms with E-state index >= 15 is 0 Å². The van der Waals surface area contributed by atoms with Gasteiger partial charge in [-0.15, -0.1) is 0 Å². The van der Waals surface area contributed by atoms with Crippen LogP contribution in [0.5, 0.6) is 0 Å². The minimum absolute atomic E-state index is 0.191. The Labute approximate surface area is 146 Å². The summed E-state index contributed by atoms with van der Waals surface area (Å²) in [6.07, 6.45) is 4.00. The summed E-state index contributed by atoms with van der Waals surface area (Å²) in [5.41, 5.74) is 17.8. The molecule has 0 bridgehead atoms. The van der Waals surface area contributed by atoms with Gasteiger partial charge in [0, 0.05) is 11.6 Å². The second kappa shape index (κ2) is 6.34. The molecule has 2 aromatic rings. The van der Waals surface area contributed by atoms with E-state index in [0.29, 0.717) is 6.04 Å². The van der Waals surface area contributed by atoms with Crippen molar-refractivity contribution in [2.75, 3.05) is 0 Å². The second-order valence-corrected chi connectivity index (χ2v) is 8.40. The van der Waals surface area contributed by atoms with Crippen molar-refractivity contribution in [2.45, 2.75) is 63.5 Å². The van der Waals surface area contributed by atoms with Crippen molar-refractivity contribution in [1.29, 1.82) is 0 Å². The van der Waals surface area contributed by atoms with Crippen molar-refractivity contribution < 1.29 is 0 Å². The fourth-order valence-electron chi connectivity index (χ4n) is 3.60. The third-order valence-electron chi connectivity index (χ3n) is 5.47.